The van der Waals surface area contributed by atoms with Gasteiger partial charge in [-0.2, -0.15) is 9.55 Å². The number of amides is 4. The predicted octanol–water partition coefficient (Wildman–Crippen LogP) is 2.51. The number of benzene rings is 3. The number of carbonyl (C=O) groups excluding carboxylic acids is 4. The Morgan fingerprint density at radius 1 is 0.941 bits per heavy atom. The molecule has 6 rings (SSSR count). The minimum absolute atomic E-state index is 0.119. The third-order valence-corrected chi connectivity index (χ3v) is 9.67. The number of hydroxylamine groups is 2. The molecule has 0 radical (unpaired) electrons. The lowest BCUT2D eigenvalue weighted by molar-refractivity contribution is -0.876. The van der Waals surface area contributed by atoms with Crippen molar-refractivity contribution in [3.05, 3.63) is 107 Å². The zero-order valence-corrected chi connectivity index (χ0v) is 28.6. The number of imide groups is 1. The molecule has 0 saturated carbocycles. The number of aliphatic hydroxyl groups is 2. The quantitative estimate of drug-likeness (QED) is 0.144. The van der Waals surface area contributed by atoms with Gasteiger partial charge in [-0.1, -0.05) is 54.6 Å². The van der Waals surface area contributed by atoms with Crippen LogP contribution in [0.3, 0.4) is 0 Å². The van der Waals surface area contributed by atoms with Gasteiger partial charge in [0.1, 0.15) is 29.4 Å². The third kappa shape index (κ3) is 6.15. The van der Waals surface area contributed by atoms with Gasteiger partial charge in [-0.15, -0.1) is 0 Å². The largest absolute Gasteiger partial charge is 0.497 e. The first-order valence-electron chi connectivity index (χ1n) is 16.4. The average molecular weight is 703 g/mol. The van der Waals surface area contributed by atoms with Crippen LogP contribution in [0.1, 0.15) is 37.0 Å². The van der Waals surface area contributed by atoms with E-state index in [0.29, 0.717) is 22.6 Å². The number of ether oxygens (including phenoxy) is 4. The summed E-state index contributed by atoms with van der Waals surface area (Å²) in [4.78, 5) is 58.5. The zero-order chi connectivity index (χ0) is 36.5. The Bertz CT molecular complexity index is 1770. The SMILES string of the molecule is COc1ccc(C(OCC2C([N+]3([C@H]4C[C@H](O)[C@@H](CO)O4)C=C(C)C(=O)NC3=O)C(=O)N2OC(C)=O)(c2ccccc2)c2ccc(OC)cc2)cc1. The molecule has 268 valence electrons. The molecule has 14 nitrogen and oxygen atoms in total. The van der Waals surface area contributed by atoms with Crippen molar-refractivity contribution in [3.8, 4) is 11.5 Å². The number of hydrogen-bond donors (Lipinski definition) is 3. The summed E-state index contributed by atoms with van der Waals surface area (Å²) in [6.07, 6.45) is -2.23. The van der Waals surface area contributed by atoms with E-state index in [1.54, 1.807) is 38.5 Å². The number of methoxy groups -OCH3 is 2. The first kappa shape index (κ1) is 35.7. The summed E-state index contributed by atoms with van der Waals surface area (Å²) in [6, 6.07) is 20.7. The lowest BCUT2D eigenvalue weighted by Gasteiger charge is -2.53. The van der Waals surface area contributed by atoms with E-state index >= 15 is 0 Å². The smallest absolute Gasteiger partial charge is 0.431 e. The second-order valence-electron chi connectivity index (χ2n) is 12.6. The number of rotatable bonds is 12. The van der Waals surface area contributed by atoms with Crippen molar-refractivity contribution >= 4 is 23.8 Å². The second kappa shape index (κ2) is 14.2. The van der Waals surface area contributed by atoms with Crippen molar-refractivity contribution in [2.45, 2.75) is 56.4 Å². The van der Waals surface area contributed by atoms with Crippen LogP contribution in [0.15, 0.2) is 90.6 Å². The van der Waals surface area contributed by atoms with E-state index in [2.05, 4.69) is 5.32 Å². The Morgan fingerprint density at radius 2 is 1.51 bits per heavy atom. The number of carbonyl (C=O) groups is 4. The highest BCUT2D eigenvalue weighted by atomic mass is 16.7. The normalized spacial score (nSPS) is 26.2. The predicted molar refractivity (Wildman–Crippen MR) is 178 cm³/mol. The lowest BCUT2D eigenvalue weighted by Crippen LogP contribution is -2.82. The Kier molecular flexibility index (Phi) is 9.97. The summed E-state index contributed by atoms with van der Waals surface area (Å²) < 4.78 is 23.0. The highest BCUT2D eigenvalue weighted by Crippen LogP contribution is 2.45. The first-order chi connectivity index (χ1) is 24.5. The summed E-state index contributed by atoms with van der Waals surface area (Å²) in [5.41, 5.74) is 0.873. The average Bonchev–Trinajstić information content (AvgIpc) is 3.53. The van der Waals surface area contributed by atoms with Gasteiger partial charge in [-0.05, 0) is 47.9 Å². The summed E-state index contributed by atoms with van der Waals surface area (Å²) in [6.45, 7) is 1.78. The van der Waals surface area contributed by atoms with Gasteiger partial charge in [-0.25, -0.2) is 10.1 Å². The molecule has 2 saturated heterocycles. The fourth-order valence-electron chi connectivity index (χ4n) is 7.14. The van der Waals surface area contributed by atoms with Crippen LogP contribution in [0.2, 0.25) is 0 Å². The van der Waals surface area contributed by atoms with Gasteiger partial charge in [-0.3, -0.25) is 14.4 Å². The molecule has 0 aromatic heterocycles. The van der Waals surface area contributed by atoms with Gasteiger partial charge in [0.2, 0.25) is 12.3 Å². The molecular weight excluding hydrogens is 662 g/mol. The molecule has 0 spiro atoms. The molecule has 3 N–H and O–H groups in total. The van der Waals surface area contributed by atoms with Crippen molar-refractivity contribution < 1.29 is 57.7 Å². The van der Waals surface area contributed by atoms with E-state index in [9.17, 15) is 29.4 Å². The van der Waals surface area contributed by atoms with Crippen LogP contribution < -0.4 is 14.8 Å². The molecule has 3 aliphatic rings. The maximum Gasteiger partial charge on any atom is 0.431 e. The minimum Gasteiger partial charge on any atom is -0.497 e. The van der Waals surface area contributed by atoms with Crippen LogP contribution in [0.25, 0.3) is 0 Å². The highest BCUT2D eigenvalue weighted by Gasteiger charge is 2.70. The Balaban J connectivity index is 1.50. The number of hydrogen-bond acceptors (Lipinski definition) is 11. The Labute approximate surface area is 294 Å². The molecular formula is C37H40N3O11+. The van der Waals surface area contributed by atoms with Crippen molar-refractivity contribution in [1.82, 2.24) is 10.4 Å². The number of nitrogens with zero attached hydrogens (tertiary/aromatic N) is 2. The monoisotopic (exact) mass is 702 g/mol. The molecule has 51 heavy (non-hydrogen) atoms. The van der Waals surface area contributed by atoms with Crippen molar-refractivity contribution in [1.29, 1.82) is 0 Å². The Morgan fingerprint density at radius 3 is 2.02 bits per heavy atom. The number of nitrogens with one attached hydrogen (secondary N) is 1. The van der Waals surface area contributed by atoms with Crippen LogP contribution in [-0.4, -0.2) is 102 Å². The zero-order valence-electron chi connectivity index (χ0n) is 28.6. The summed E-state index contributed by atoms with van der Waals surface area (Å²) in [5.74, 6) is -0.974. The molecule has 4 amide bonds. The molecule has 3 aromatic carbocycles. The van der Waals surface area contributed by atoms with Gasteiger partial charge in [0.05, 0.1) is 45.5 Å². The maximum atomic E-state index is 14.1. The minimum atomic E-state index is -1.35. The van der Waals surface area contributed by atoms with E-state index in [0.717, 1.165) is 17.6 Å². The highest BCUT2D eigenvalue weighted by molar-refractivity contribution is 6.04. The molecule has 6 atom stereocenters. The fourth-order valence-corrected chi connectivity index (χ4v) is 7.14. The molecule has 2 fully saturated rings. The molecule has 14 heteroatoms. The van der Waals surface area contributed by atoms with Gasteiger partial charge >= 0.3 is 17.9 Å². The second-order valence-corrected chi connectivity index (χ2v) is 12.6. The van der Waals surface area contributed by atoms with Crippen molar-refractivity contribution in [2.24, 2.45) is 0 Å². The van der Waals surface area contributed by atoms with E-state index < -0.39 is 71.0 Å². The van der Waals surface area contributed by atoms with Crippen LogP contribution >= 0.6 is 0 Å². The van der Waals surface area contributed by atoms with Crippen LogP contribution in [0.5, 0.6) is 11.5 Å². The van der Waals surface area contributed by atoms with Crippen LogP contribution in [-0.2, 0) is 34.3 Å². The topological polar surface area (TPSA) is 170 Å². The number of urea groups is 1. The molecule has 3 unspecified atom stereocenters. The Hall–Kier alpha value is -5.12. The molecule has 0 bridgehead atoms. The van der Waals surface area contributed by atoms with Gasteiger partial charge < -0.3 is 34.0 Å². The van der Waals surface area contributed by atoms with Crippen LogP contribution in [0, 0.1) is 0 Å². The maximum absolute atomic E-state index is 14.1. The van der Waals surface area contributed by atoms with Gasteiger partial charge in [0.25, 0.3) is 5.91 Å². The fraction of sp³-hybridized carbons (Fsp3) is 0.351. The van der Waals surface area contributed by atoms with Crippen LogP contribution in [0.4, 0.5) is 4.79 Å². The standard InChI is InChI=1S/C37H39N3O11/c1-22-19-40(36(46)38-34(22)44,32-18-30(43)31(20-41)50-32)33-29(39(35(33)45)51-23(2)42)21-49-37(24-8-6-5-7-9-24,25-10-14-27(47-3)15-11-25)26-12-16-28(48-4)17-13-26/h5-17,19,29-33,41,43H,18,20-21H2,1-4H3/p+1/t29?,30-,31+,32+,33?,40?/m0/s1. The molecule has 3 heterocycles. The number of aliphatic hydroxyl groups excluding tert-OH is 2. The van der Waals surface area contributed by atoms with Gasteiger partial charge in [0.15, 0.2) is 6.04 Å². The van der Waals surface area contributed by atoms with Crippen molar-refractivity contribution in [3.63, 3.8) is 0 Å². The molecule has 3 aromatic rings. The summed E-state index contributed by atoms with van der Waals surface area (Å²) >= 11 is 0. The van der Waals surface area contributed by atoms with E-state index in [-0.39, 0.29) is 18.6 Å². The van der Waals surface area contributed by atoms with E-state index in [1.807, 2.05) is 54.6 Å². The number of β-lactam (4-membered cyclic amide) rings is 1. The number of quaternary nitrogens is 1. The molecule has 3 aliphatic heterocycles. The van der Waals surface area contributed by atoms with Gasteiger partial charge in [0, 0.05) is 6.92 Å². The van der Waals surface area contributed by atoms with E-state index in [4.69, 9.17) is 23.8 Å². The summed E-state index contributed by atoms with van der Waals surface area (Å²) in [5, 5.41) is 23.8. The lowest BCUT2D eigenvalue weighted by atomic mass is 9.79. The molecule has 0 aliphatic carbocycles. The third-order valence-electron chi connectivity index (χ3n) is 9.67. The van der Waals surface area contributed by atoms with E-state index in [1.165, 1.54) is 13.1 Å². The summed E-state index contributed by atoms with van der Waals surface area (Å²) in [7, 11) is 3.12. The van der Waals surface area contributed by atoms with Crippen molar-refractivity contribution in [2.75, 3.05) is 27.4 Å². The first-order valence-corrected chi connectivity index (χ1v) is 16.4.